The molecule has 0 amide bonds. The summed E-state index contributed by atoms with van der Waals surface area (Å²) in [5, 5.41) is 32.5. The van der Waals surface area contributed by atoms with Gasteiger partial charge < -0.3 is 20.3 Å². The third kappa shape index (κ3) is 29.2. The molecular formula is C10H29BO4Si. The monoisotopic (exact) mass is 252 g/mol. The molecule has 0 bridgehead atoms. The molecule has 0 aliphatic heterocycles. The summed E-state index contributed by atoms with van der Waals surface area (Å²) in [5.74, 6) is 0. The first-order chi connectivity index (χ1) is 6.66. The lowest BCUT2D eigenvalue weighted by atomic mass is 9.90. The molecule has 0 fully saturated rings. The normalized spacial score (nSPS) is 11.8. The summed E-state index contributed by atoms with van der Waals surface area (Å²) in [4.78, 5) is 0. The smallest absolute Gasteiger partial charge is 0.430 e. The highest BCUT2D eigenvalue weighted by Crippen LogP contribution is 2.19. The number of rotatable bonds is 1. The number of aliphatic hydroxyl groups is 2. The van der Waals surface area contributed by atoms with Crippen LogP contribution in [0, 0.1) is 0 Å². The van der Waals surface area contributed by atoms with Crippen molar-refractivity contribution in [1.29, 1.82) is 0 Å². The Balaban J connectivity index is -0.000000181. The Labute approximate surface area is 102 Å². The summed E-state index contributed by atoms with van der Waals surface area (Å²) >= 11 is 0. The Hall–Kier alpha value is 0.122. The van der Waals surface area contributed by atoms with Crippen LogP contribution < -0.4 is 0 Å². The van der Waals surface area contributed by atoms with Crippen LogP contribution >= 0.6 is 0 Å². The fraction of sp³-hybridized carbons (Fsp3) is 1.00. The molecule has 0 unspecified atom stereocenters. The highest BCUT2D eigenvalue weighted by molar-refractivity contribution is 6.74. The Kier molecular flexibility index (Phi) is 11.0. The largest absolute Gasteiger partial charge is 0.432 e. The first-order valence-corrected chi connectivity index (χ1v) is 9.33. The van der Waals surface area contributed by atoms with Crippen LogP contribution in [0.2, 0.25) is 26.2 Å². The standard InChI is InChI=1S/C6H14O2.C4H12Si.BH3O2/c1-5(2,7)6(3,4)8;1-5(2,3)4;2-1-3/h7-8H,1-4H3;1-4H3;1-3H. The van der Waals surface area contributed by atoms with Gasteiger partial charge in [0.15, 0.2) is 0 Å². The Morgan fingerprint density at radius 1 is 0.750 bits per heavy atom. The van der Waals surface area contributed by atoms with Crippen LogP contribution in [0.15, 0.2) is 0 Å². The highest BCUT2D eigenvalue weighted by atomic mass is 28.3. The molecule has 16 heavy (non-hydrogen) atoms. The van der Waals surface area contributed by atoms with Gasteiger partial charge in [-0.1, -0.05) is 26.2 Å². The average molecular weight is 252 g/mol. The van der Waals surface area contributed by atoms with Gasteiger partial charge in [0, 0.05) is 8.07 Å². The minimum absolute atomic E-state index is 0.611. The zero-order valence-corrected chi connectivity index (χ0v) is 13.0. The molecule has 0 aromatic carbocycles. The fourth-order valence-corrected chi connectivity index (χ4v) is 0. The van der Waals surface area contributed by atoms with Gasteiger partial charge >= 0.3 is 7.69 Å². The summed E-state index contributed by atoms with van der Waals surface area (Å²) in [6.45, 7) is 15.6. The van der Waals surface area contributed by atoms with Crippen molar-refractivity contribution in [1.82, 2.24) is 0 Å². The minimum atomic E-state index is -1.01. The molecule has 6 heteroatoms. The van der Waals surface area contributed by atoms with Gasteiger partial charge in [0.05, 0.1) is 11.2 Å². The average Bonchev–Trinajstić information content (AvgIpc) is 1.78. The van der Waals surface area contributed by atoms with Crippen molar-refractivity contribution < 1.29 is 20.3 Å². The van der Waals surface area contributed by atoms with E-state index in [2.05, 4.69) is 26.2 Å². The molecule has 0 atom stereocenters. The number of hydrogen-bond acceptors (Lipinski definition) is 4. The molecule has 0 saturated heterocycles. The van der Waals surface area contributed by atoms with E-state index in [0.717, 1.165) is 0 Å². The van der Waals surface area contributed by atoms with Gasteiger partial charge in [0.25, 0.3) is 0 Å². The fourth-order valence-electron chi connectivity index (χ4n) is 0. The molecule has 0 radical (unpaired) electrons. The van der Waals surface area contributed by atoms with Gasteiger partial charge in [-0.15, -0.1) is 0 Å². The molecular weight excluding hydrogens is 223 g/mol. The lowest BCUT2D eigenvalue weighted by Crippen LogP contribution is -2.44. The van der Waals surface area contributed by atoms with Gasteiger partial charge in [0.2, 0.25) is 0 Å². The lowest BCUT2D eigenvalue weighted by molar-refractivity contribution is -0.107. The van der Waals surface area contributed by atoms with Gasteiger partial charge in [-0.2, -0.15) is 0 Å². The van der Waals surface area contributed by atoms with Crippen LogP contribution in [0.1, 0.15) is 27.7 Å². The summed E-state index contributed by atoms with van der Waals surface area (Å²) in [5.41, 5.74) is -2.01. The van der Waals surface area contributed by atoms with Crippen molar-refractivity contribution in [3.05, 3.63) is 0 Å². The van der Waals surface area contributed by atoms with Gasteiger partial charge in [-0.25, -0.2) is 0 Å². The minimum Gasteiger partial charge on any atom is -0.430 e. The maximum atomic E-state index is 9.10. The van der Waals surface area contributed by atoms with E-state index < -0.39 is 27.0 Å². The van der Waals surface area contributed by atoms with Crippen LogP contribution in [-0.2, 0) is 0 Å². The zero-order valence-electron chi connectivity index (χ0n) is 12.0. The van der Waals surface area contributed by atoms with Crippen LogP contribution in [0.4, 0.5) is 0 Å². The van der Waals surface area contributed by atoms with E-state index in [-0.39, 0.29) is 0 Å². The van der Waals surface area contributed by atoms with Crippen molar-refractivity contribution in [2.24, 2.45) is 0 Å². The van der Waals surface area contributed by atoms with E-state index in [1.54, 1.807) is 27.7 Å². The van der Waals surface area contributed by atoms with Crippen molar-refractivity contribution in [3.8, 4) is 0 Å². The van der Waals surface area contributed by atoms with Crippen LogP contribution in [-0.4, -0.2) is 47.2 Å². The first kappa shape index (κ1) is 21.4. The van der Waals surface area contributed by atoms with Gasteiger partial charge in [-0.3, -0.25) is 0 Å². The zero-order chi connectivity index (χ0) is 14.2. The second-order valence-corrected chi connectivity index (χ2v) is 12.3. The summed E-state index contributed by atoms with van der Waals surface area (Å²) in [6.07, 6.45) is 0. The first-order valence-electron chi connectivity index (χ1n) is 5.33. The van der Waals surface area contributed by atoms with Gasteiger partial charge in [-0.05, 0) is 27.7 Å². The molecule has 0 aliphatic rings. The van der Waals surface area contributed by atoms with E-state index in [1.807, 2.05) is 0 Å². The summed E-state index contributed by atoms with van der Waals surface area (Å²) < 4.78 is 0. The van der Waals surface area contributed by atoms with Gasteiger partial charge in [0.1, 0.15) is 0 Å². The Morgan fingerprint density at radius 3 is 0.812 bits per heavy atom. The van der Waals surface area contributed by atoms with E-state index in [4.69, 9.17) is 20.3 Å². The quantitative estimate of drug-likeness (QED) is 0.518. The van der Waals surface area contributed by atoms with Crippen LogP contribution in [0.5, 0.6) is 0 Å². The molecule has 0 heterocycles. The third-order valence-electron chi connectivity index (χ3n) is 1.50. The summed E-state index contributed by atoms with van der Waals surface area (Å²) in [7, 11) is -1.36. The van der Waals surface area contributed by atoms with Crippen molar-refractivity contribution in [3.63, 3.8) is 0 Å². The highest BCUT2D eigenvalue weighted by Gasteiger charge is 2.31. The Morgan fingerprint density at radius 2 is 0.812 bits per heavy atom. The predicted molar refractivity (Wildman–Crippen MR) is 73.4 cm³/mol. The van der Waals surface area contributed by atoms with Crippen LogP contribution in [0.25, 0.3) is 0 Å². The number of hydrogen-bond donors (Lipinski definition) is 4. The molecule has 0 aliphatic carbocycles. The van der Waals surface area contributed by atoms with E-state index in [1.165, 1.54) is 0 Å². The second-order valence-electron chi connectivity index (χ2n) is 6.26. The third-order valence-corrected chi connectivity index (χ3v) is 1.50. The van der Waals surface area contributed by atoms with E-state index in [9.17, 15) is 0 Å². The van der Waals surface area contributed by atoms with Crippen molar-refractivity contribution >= 4 is 15.8 Å². The molecule has 0 rings (SSSR count). The molecule has 4 N–H and O–H groups in total. The molecule has 0 aromatic rings. The SMILES string of the molecule is CC(C)(O)C(C)(C)O.C[Si](C)(C)C.OBO. The molecule has 0 aromatic heterocycles. The molecule has 0 spiro atoms. The van der Waals surface area contributed by atoms with Crippen LogP contribution in [0.3, 0.4) is 0 Å². The summed E-state index contributed by atoms with van der Waals surface area (Å²) in [6, 6.07) is 0. The van der Waals surface area contributed by atoms with E-state index in [0.29, 0.717) is 0 Å². The maximum absolute atomic E-state index is 9.10. The molecule has 100 valence electrons. The molecule has 0 saturated carbocycles. The van der Waals surface area contributed by atoms with Crippen molar-refractivity contribution in [2.45, 2.75) is 65.1 Å². The predicted octanol–water partition coefficient (Wildman–Crippen LogP) is 0.720. The maximum Gasteiger partial charge on any atom is 0.432 e. The Bertz CT molecular complexity index is 138. The topological polar surface area (TPSA) is 80.9 Å². The molecule has 4 nitrogen and oxygen atoms in total. The lowest BCUT2D eigenvalue weighted by Gasteiger charge is -2.31. The second kappa shape index (κ2) is 8.25. The van der Waals surface area contributed by atoms with E-state index >= 15 is 0 Å². The van der Waals surface area contributed by atoms with Crippen molar-refractivity contribution in [2.75, 3.05) is 0 Å².